The van der Waals surface area contributed by atoms with Gasteiger partial charge in [-0.3, -0.25) is 0 Å². The number of aryl methyl sites for hydroxylation is 1. The molecular formula is C12H18O3. The fourth-order valence-electron chi connectivity index (χ4n) is 1.11. The van der Waals surface area contributed by atoms with Crippen LogP contribution in [-0.2, 0) is 11.2 Å². The molecule has 0 fully saturated rings. The first kappa shape index (κ1) is 13.7. The summed E-state index contributed by atoms with van der Waals surface area (Å²) in [6.45, 7) is 1.61. The number of aliphatic hydroxyl groups is 1. The maximum Gasteiger partial charge on any atom is 0.130 e. The molecule has 0 radical (unpaired) electrons. The Morgan fingerprint density at radius 3 is 2.20 bits per heavy atom. The number of aliphatic hydroxyl groups excluding tert-OH is 1. The predicted octanol–water partition coefficient (Wildman–Crippen LogP) is 1.83. The van der Waals surface area contributed by atoms with E-state index in [1.54, 1.807) is 14.0 Å². The lowest BCUT2D eigenvalue weighted by Crippen LogP contribution is -1.93. The number of hydrogen-bond donors (Lipinski definition) is 1. The van der Waals surface area contributed by atoms with Gasteiger partial charge in [-0.15, -0.1) is 0 Å². The molecule has 0 aliphatic carbocycles. The van der Waals surface area contributed by atoms with Crippen LogP contribution in [0.25, 0.3) is 0 Å². The van der Waals surface area contributed by atoms with Crippen LogP contribution in [0.2, 0.25) is 0 Å². The normalized spacial score (nSPS) is 8.80. The van der Waals surface area contributed by atoms with Crippen molar-refractivity contribution in [3.05, 3.63) is 29.8 Å². The number of rotatable bonds is 4. The molecule has 0 heterocycles. The lowest BCUT2D eigenvalue weighted by atomic mass is 10.1. The zero-order chi connectivity index (χ0) is 11.7. The van der Waals surface area contributed by atoms with E-state index in [4.69, 9.17) is 9.84 Å². The molecule has 1 rings (SSSR count). The van der Waals surface area contributed by atoms with Crippen LogP contribution in [0.4, 0.5) is 0 Å². The van der Waals surface area contributed by atoms with Crippen LogP contribution in [0.3, 0.4) is 0 Å². The lowest BCUT2D eigenvalue weighted by Gasteiger charge is -2.01. The van der Waals surface area contributed by atoms with Gasteiger partial charge in [-0.25, -0.2) is 0 Å². The Labute approximate surface area is 90.7 Å². The van der Waals surface area contributed by atoms with E-state index in [0.717, 1.165) is 19.3 Å². The van der Waals surface area contributed by atoms with Crippen LogP contribution >= 0.6 is 0 Å². The number of benzene rings is 1. The molecule has 84 valence electrons. The van der Waals surface area contributed by atoms with Crippen LogP contribution in [0.15, 0.2) is 24.3 Å². The summed E-state index contributed by atoms with van der Waals surface area (Å²) in [7, 11) is 2.64. The first-order valence-corrected chi connectivity index (χ1v) is 4.79. The second-order valence-corrected chi connectivity index (χ2v) is 3.05. The van der Waals surface area contributed by atoms with Crippen molar-refractivity contribution < 1.29 is 14.6 Å². The number of hydrogen-bond acceptors (Lipinski definition) is 3. The van der Waals surface area contributed by atoms with Crippen molar-refractivity contribution >= 4 is 5.78 Å². The maximum atomic E-state index is 10.7. The monoisotopic (exact) mass is 210 g/mol. The van der Waals surface area contributed by atoms with Gasteiger partial charge >= 0.3 is 0 Å². The average Bonchev–Trinajstić information content (AvgIpc) is 2.30. The molecule has 0 saturated heterocycles. The fraction of sp³-hybridized carbons (Fsp3) is 0.417. The Kier molecular flexibility index (Phi) is 7.28. The Morgan fingerprint density at radius 1 is 1.27 bits per heavy atom. The Bertz CT molecular complexity index is 277. The molecule has 3 heteroatoms. The van der Waals surface area contributed by atoms with Crippen molar-refractivity contribution in [2.75, 3.05) is 14.2 Å². The number of carbonyl (C=O) groups is 1. The Hall–Kier alpha value is -1.35. The highest BCUT2D eigenvalue weighted by Gasteiger charge is 1.96. The van der Waals surface area contributed by atoms with E-state index in [1.807, 2.05) is 24.3 Å². The Morgan fingerprint density at radius 2 is 1.80 bits per heavy atom. The second-order valence-electron chi connectivity index (χ2n) is 3.05. The largest absolute Gasteiger partial charge is 0.497 e. The van der Waals surface area contributed by atoms with E-state index in [2.05, 4.69) is 0 Å². The third kappa shape index (κ3) is 5.86. The van der Waals surface area contributed by atoms with Gasteiger partial charge in [0.05, 0.1) is 7.11 Å². The highest BCUT2D eigenvalue weighted by atomic mass is 16.5. The smallest absolute Gasteiger partial charge is 0.130 e. The van der Waals surface area contributed by atoms with E-state index in [-0.39, 0.29) is 5.78 Å². The Balaban J connectivity index is 0.000000921. The van der Waals surface area contributed by atoms with Gasteiger partial charge in [-0.05, 0) is 31.0 Å². The molecule has 1 aromatic carbocycles. The molecule has 1 aromatic rings. The van der Waals surface area contributed by atoms with Crippen LogP contribution < -0.4 is 4.74 Å². The minimum Gasteiger partial charge on any atom is -0.497 e. The predicted molar refractivity (Wildman–Crippen MR) is 60.1 cm³/mol. The molecule has 15 heavy (non-hydrogen) atoms. The van der Waals surface area contributed by atoms with Crippen LogP contribution in [-0.4, -0.2) is 25.1 Å². The number of ether oxygens (including phenoxy) is 1. The first-order chi connectivity index (χ1) is 7.22. The van der Waals surface area contributed by atoms with Crippen LogP contribution in [0.1, 0.15) is 18.9 Å². The summed E-state index contributed by atoms with van der Waals surface area (Å²) in [6, 6.07) is 7.80. The highest BCUT2D eigenvalue weighted by Crippen LogP contribution is 2.12. The lowest BCUT2D eigenvalue weighted by molar-refractivity contribution is -0.116. The van der Waals surface area contributed by atoms with Crippen molar-refractivity contribution in [2.45, 2.75) is 19.8 Å². The van der Waals surface area contributed by atoms with Crippen LogP contribution in [0.5, 0.6) is 5.75 Å². The maximum absolute atomic E-state index is 10.7. The zero-order valence-electron chi connectivity index (χ0n) is 9.49. The van der Waals surface area contributed by atoms with E-state index < -0.39 is 0 Å². The zero-order valence-corrected chi connectivity index (χ0v) is 9.49. The van der Waals surface area contributed by atoms with E-state index in [1.165, 1.54) is 5.56 Å². The summed E-state index contributed by atoms with van der Waals surface area (Å²) < 4.78 is 5.03. The second kappa shape index (κ2) is 8.00. The number of methoxy groups -OCH3 is 1. The van der Waals surface area contributed by atoms with Gasteiger partial charge in [0.1, 0.15) is 11.5 Å². The first-order valence-electron chi connectivity index (χ1n) is 4.79. The quantitative estimate of drug-likeness (QED) is 0.824. The van der Waals surface area contributed by atoms with Gasteiger partial charge in [0.25, 0.3) is 0 Å². The number of ketones is 1. The molecule has 0 bridgehead atoms. The summed E-state index contributed by atoms with van der Waals surface area (Å²) in [6.07, 6.45) is 1.44. The molecule has 0 aliphatic heterocycles. The van der Waals surface area contributed by atoms with Gasteiger partial charge in [-0.1, -0.05) is 12.1 Å². The highest BCUT2D eigenvalue weighted by molar-refractivity contribution is 5.75. The van der Waals surface area contributed by atoms with Crippen molar-refractivity contribution in [2.24, 2.45) is 0 Å². The fourth-order valence-corrected chi connectivity index (χ4v) is 1.11. The van der Waals surface area contributed by atoms with Gasteiger partial charge in [0, 0.05) is 13.5 Å². The van der Waals surface area contributed by atoms with Gasteiger partial charge in [0.2, 0.25) is 0 Å². The summed E-state index contributed by atoms with van der Waals surface area (Å²) in [5.41, 5.74) is 1.18. The molecule has 0 amide bonds. The average molecular weight is 210 g/mol. The molecule has 0 atom stereocenters. The number of carbonyl (C=O) groups excluding carboxylic acids is 1. The molecule has 3 nitrogen and oxygen atoms in total. The van der Waals surface area contributed by atoms with E-state index >= 15 is 0 Å². The summed E-state index contributed by atoms with van der Waals surface area (Å²) in [5, 5.41) is 7.00. The molecule has 0 spiro atoms. The van der Waals surface area contributed by atoms with E-state index in [9.17, 15) is 4.79 Å². The molecular weight excluding hydrogens is 192 g/mol. The minimum absolute atomic E-state index is 0.232. The number of Topliss-reactive ketones (excluding diaryl/α,β-unsaturated/α-hetero) is 1. The third-order valence-electron chi connectivity index (χ3n) is 1.92. The van der Waals surface area contributed by atoms with Crippen molar-refractivity contribution in [1.82, 2.24) is 0 Å². The molecule has 0 aliphatic rings. The summed E-state index contributed by atoms with van der Waals surface area (Å²) in [5.74, 6) is 1.09. The summed E-state index contributed by atoms with van der Waals surface area (Å²) in [4.78, 5) is 10.7. The van der Waals surface area contributed by atoms with Gasteiger partial charge in [-0.2, -0.15) is 0 Å². The van der Waals surface area contributed by atoms with Gasteiger partial charge < -0.3 is 14.6 Å². The SMILES string of the molecule is CO.COc1ccc(CCC(C)=O)cc1. The van der Waals surface area contributed by atoms with E-state index in [0.29, 0.717) is 6.42 Å². The topological polar surface area (TPSA) is 46.5 Å². The minimum atomic E-state index is 0.232. The van der Waals surface area contributed by atoms with Crippen molar-refractivity contribution in [3.63, 3.8) is 0 Å². The molecule has 1 N–H and O–H groups in total. The van der Waals surface area contributed by atoms with Crippen molar-refractivity contribution in [1.29, 1.82) is 0 Å². The molecule has 0 saturated carbocycles. The molecule has 0 unspecified atom stereocenters. The van der Waals surface area contributed by atoms with Gasteiger partial charge in [0.15, 0.2) is 0 Å². The van der Waals surface area contributed by atoms with Crippen LogP contribution in [0, 0.1) is 0 Å². The standard InChI is InChI=1S/C11H14O2.CH4O/c1-9(12)3-4-10-5-7-11(13-2)8-6-10;1-2/h5-8H,3-4H2,1-2H3;2H,1H3. The summed E-state index contributed by atoms with van der Waals surface area (Å²) >= 11 is 0. The van der Waals surface area contributed by atoms with Crippen molar-refractivity contribution in [3.8, 4) is 5.75 Å². The third-order valence-corrected chi connectivity index (χ3v) is 1.92. The molecule has 0 aromatic heterocycles.